The molecular formula is C19H24N2O3S. The van der Waals surface area contributed by atoms with Gasteiger partial charge in [0.05, 0.1) is 4.90 Å². The second-order valence-corrected chi connectivity index (χ2v) is 8.00. The number of hydrogen-bond donors (Lipinski definition) is 2. The zero-order valence-electron chi connectivity index (χ0n) is 15.0. The first-order valence-electron chi connectivity index (χ1n) is 8.23. The van der Waals surface area contributed by atoms with Crippen molar-refractivity contribution in [1.29, 1.82) is 0 Å². The molecule has 2 rings (SSSR count). The lowest BCUT2D eigenvalue weighted by atomic mass is 10.1. The third-order valence-corrected chi connectivity index (χ3v) is 5.48. The van der Waals surface area contributed by atoms with E-state index < -0.39 is 10.0 Å². The normalized spacial score (nSPS) is 12.6. The fourth-order valence-electron chi connectivity index (χ4n) is 2.44. The molecule has 6 heteroatoms. The van der Waals surface area contributed by atoms with E-state index >= 15 is 0 Å². The molecule has 0 aliphatic rings. The number of aryl methyl sites for hydroxylation is 2. The van der Waals surface area contributed by atoms with Crippen molar-refractivity contribution >= 4 is 21.6 Å². The fourth-order valence-corrected chi connectivity index (χ4v) is 3.77. The van der Waals surface area contributed by atoms with Gasteiger partial charge >= 0.3 is 0 Å². The SMILES string of the molecule is CCC(C)NS(=O)(=O)c1ccc(NC(=O)c2cc(C)cc(C)c2)cc1. The van der Waals surface area contributed by atoms with Gasteiger partial charge < -0.3 is 5.32 Å². The zero-order chi connectivity index (χ0) is 18.6. The molecular weight excluding hydrogens is 336 g/mol. The summed E-state index contributed by atoms with van der Waals surface area (Å²) in [5.41, 5.74) is 3.16. The first-order valence-corrected chi connectivity index (χ1v) is 9.71. The molecule has 1 atom stereocenters. The van der Waals surface area contributed by atoms with Gasteiger partial charge in [0.15, 0.2) is 0 Å². The molecule has 0 spiro atoms. The highest BCUT2D eigenvalue weighted by Gasteiger charge is 2.16. The van der Waals surface area contributed by atoms with E-state index in [1.54, 1.807) is 12.1 Å². The Morgan fingerprint density at radius 2 is 1.60 bits per heavy atom. The number of sulfonamides is 1. The molecule has 5 nitrogen and oxygen atoms in total. The molecule has 25 heavy (non-hydrogen) atoms. The van der Waals surface area contributed by atoms with Crippen molar-refractivity contribution in [2.45, 2.75) is 45.1 Å². The number of benzene rings is 2. The summed E-state index contributed by atoms with van der Waals surface area (Å²) in [6.07, 6.45) is 0.712. The summed E-state index contributed by atoms with van der Waals surface area (Å²) in [5.74, 6) is -0.222. The number of anilines is 1. The van der Waals surface area contributed by atoms with Crippen molar-refractivity contribution in [2.24, 2.45) is 0 Å². The molecule has 0 saturated carbocycles. The van der Waals surface area contributed by atoms with E-state index in [1.807, 2.05) is 45.9 Å². The summed E-state index contributed by atoms with van der Waals surface area (Å²) in [6.45, 7) is 7.61. The molecule has 0 aliphatic carbocycles. The molecule has 1 amide bonds. The van der Waals surface area contributed by atoms with Gasteiger partial charge in [0.2, 0.25) is 10.0 Å². The maximum absolute atomic E-state index is 12.3. The van der Waals surface area contributed by atoms with E-state index in [4.69, 9.17) is 0 Å². The Bertz CT molecular complexity index is 838. The minimum atomic E-state index is -3.54. The summed E-state index contributed by atoms with van der Waals surface area (Å²) >= 11 is 0. The quantitative estimate of drug-likeness (QED) is 0.826. The minimum absolute atomic E-state index is 0.131. The lowest BCUT2D eigenvalue weighted by molar-refractivity contribution is 0.102. The van der Waals surface area contributed by atoms with Gasteiger partial charge in [-0.25, -0.2) is 13.1 Å². The maximum Gasteiger partial charge on any atom is 0.255 e. The lowest BCUT2D eigenvalue weighted by Gasteiger charge is -2.12. The Kier molecular flexibility index (Phi) is 5.98. The summed E-state index contributed by atoms with van der Waals surface area (Å²) in [4.78, 5) is 12.5. The third-order valence-electron chi connectivity index (χ3n) is 3.88. The summed E-state index contributed by atoms with van der Waals surface area (Å²) in [5, 5.41) is 2.79. The molecule has 2 aromatic rings. The number of carbonyl (C=O) groups excluding carboxylic acids is 1. The van der Waals surface area contributed by atoms with Crippen LogP contribution in [0.3, 0.4) is 0 Å². The molecule has 134 valence electrons. The van der Waals surface area contributed by atoms with Gasteiger partial charge in [0, 0.05) is 17.3 Å². The van der Waals surface area contributed by atoms with Gasteiger partial charge in [-0.3, -0.25) is 4.79 Å². The van der Waals surface area contributed by atoms with Gasteiger partial charge in [0.1, 0.15) is 0 Å². The lowest BCUT2D eigenvalue weighted by Crippen LogP contribution is -2.31. The van der Waals surface area contributed by atoms with E-state index in [9.17, 15) is 13.2 Å². The maximum atomic E-state index is 12.3. The van der Waals surface area contributed by atoms with Crippen LogP contribution in [0.2, 0.25) is 0 Å². The number of amides is 1. The molecule has 2 N–H and O–H groups in total. The van der Waals surface area contributed by atoms with Crippen molar-refractivity contribution in [1.82, 2.24) is 4.72 Å². The monoisotopic (exact) mass is 360 g/mol. The second kappa shape index (κ2) is 7.80. The van der Waals surface area contributed by atoms with Crippen LogP contribution in [0.5, 0.6) is 0 Å². The molecule has 0 fully saturated rings. The first kappa shape index (κ1) is 19.1. The van der Waals surface area contributed by atoms with Crippen molar-refractivity contribution in [3.63, 3.8) is 0 Å². The predicted molar refractivity (Wildman–Crippen MR) is 100 cm³/mol. The van der Waals surface area contributed by atoms with Crippen molar-refractivity contribution in [3.8, 4) is 0 Å². The Hall–Kier alpha value is -2.18. The van der Waals surface area contributed by atoms with Crippen molar-refractivity contribution in [3.05, 3.63) is 59.2 Å². The first-order chi connectivity index (χ1) is 11.7. The van der Waals surface area contributed by atoms with E-state index in [-0.39, 0.29) is 16.8 Å². The molecule has 0 radical (unpaired) electrons. The summed E-state index contributed by atoms with van der Waals surface area (Å²) in [6, 6.07) is 11.7. The number of hydrogen-bond acceptors (Lipinski definition) is 3. The second-order valence-electron chi connectivity index (χ2n) is 6.29. The molecule has 2 aromatic carbocycles. The average molecular weight is 360 g/mol. The highest BCUT2D eigenvalue weighted by Crippen LogP contribution is 2.16. The van der Waals surface area contributed by atoms with Crippen LogP contribution in [-0.2, 0) is 10.0 Å². The average Bonchev–Trinajstić information content (AvgIpc) is 2.54. The van der Waals surface area contributed by atoms with Gasteiger partial charge in [-0.15, -0.1) is 0 Å². The van der Waals surface area contributed by atoms with E-state index in [1.165, 1.54) is 12.1 Å². The Balaban J connectivity index is 2.13. The van der Waals surface area contributed by atoms with Crippen LogP contribution in [0.4, 0.5) is 5.69 Å². The van der Waals surface area contributed by atoms with Crippen LogP contribution >= 0.6 is 0 Å². The van der Waals surface area contributed by atoms with E-state index in [2.05, 4.69) is 10.0 Å². The molecule has 0 saturated heterocycles. The third kappa shape index (κ3) is 5.14. The Morgan fingerprint density at radius 3 is 2.12 bits per heavy atom. The number of nitrogens with one attached hydrogen (secondary N) is 2. The Labute approximate surface area is 149 Å². The zero-order valence-corrected chi connectivity index (χ0v) is 15.8. The largest absolute Gasteiger partial charge is 0.322 e. The summed E-state index contributed by atoms with van der Waals surface area (Å²) in [7, 11) is -3.54. The molecule has 1 unspecified atom stereocenters. The molecule has 0 bridgehead atoms. The van der Waals surface area contributed by atoms with Crippen LogP contribution in [0, 0.1) is 13.8 Å². The minimum Gasteiger partial charge on any atom is -0.322 e. The van der Waals surface area contributed by atoms with Gasteiger partial charge in [0.25, 0.3) is 5.91 Å². The van der Waals surface area contributed by atoms with Crippen LogP contribution in [-0.4, -0.2) is 20.4 Å². The fraction of sp³-hybridized carbons (Fsp3) is 0.316. The topological polar surface area (TPSA) is 75.3 Å². The van der Waals surface area contributed by atoms with E-state index in [0.717, 1.165) is 11.1 Å². The number of rotatable bonds is 6. The van der Waals surface area contributed by atoms with E-state index in [0.29, 0.717) is 17.7 Å². The van der Waals surface area contributed by atoms with Gasteiger partial charge in [-0.2, -0.15) is 0 Å². The molecule has 0 aromatic heterocycles. The van der Waals surface area contributed by atoms with Crippen LogP contribution in [0.15, 0.2) is 47.4 Å². The number of carbonyl (C=O) groups is 1. The van der Waals surface area contributed by atoms with Crippen LogP contribution < -0.4 is 10.0 Å². The van der Waals surface area contributed by atoms with Crippen LogP contribution in [0.25, 0.3) is 0 Å². The van der Waals surface area contributed by atoms with Gasteiger partial charge in [-0.1, -0.05) is 24.1 Å². The molecule has 0 aliphatic heterocycles. The molecule has 0 heterocycles. The predicted octanol–water partition coefficient (Wildman–Crippen LogP) is 3.63. The Morgan fingerprint density at radius 1 is 1.04 bits per heavy atom. The highest BCUT2D eigenvalue weighted by atomic mass is 32.2. The highest BCUT2D eigenvalue weighted by molar-refractivity contribution is 7.89. The standard InChI is InChI=1S/C19H24N2O3S/c1-5-15(4)21-25(23,24)18-8-6-17(7-9-18)20-19(22)16-11-13(2)10-14(3)12-16/h6-12,15,21H,5H2,1-4H3,(H,20,22). The van der Waals surface area contributed by atoms with Crippen LogP contribution in [0.1, 0.15) is 41.8 Å². The van der Waals surface area contributed by atoms with Crippen molar-refractivity contribution < 1.29 is 13.2 Å². The van der Waals surface area contributed by atoms with Gasteiger partial charge in [-0.05, 0) is 63.6 Å². The smallest absolute Gasteiger partial charge is 0.255 e. The summed E-state index contributed by atoms with van der Waals surface area (Å²) < 4.78 is 27.1. The van der Waals surface area contributed by atoms with Crippen molar-refractivity contribution in [2.75, 3.05) is 5.32 Å².